The van der Waals surface area contributed by atoms with Crippen LogP contribution in [-0.4, -0.2) is 13.7 Å². The molecule has 1 unspecified atom stereocenters. The quantitative estimate of drug-likeness (QED) is 0.529. The lowest BCUT2D eigenvalue weighted by molar-refractivity contribution is -0.385. The van der Waals surface area contributed by atoms with Gasteiger partial charge >= 0.3 is 0 Å². The van der Waals surface area contributed by atoms with E-state index in [1.54, 1.807) is 0 Å². The summed E-state index contributed by atoms with van der Waals surface area (Å²) in [6, 6.07) is 13.2. The fraction of sp³-hybridized carbons (Fsp3) is 0.0769. The van der Waals surface area contributed by atoms with Gasteiger partial charge in [0.1, 0.15) is 0 Å². The fourth-order valence-electron chi connectivity index (χ4n) is 1.80. The Labute approximate surface area is 112 Å². The Balaban J connectivity index is 2.43. The number of nitro benzene ring substituents is 1. The lowest BCUT2D eigenvalue weighted by Crippen LogP contribution is -2.00. The minimum Gasteiger partial charge on any atom is -0.302 e. The molecule has 5 nitrogen and oxygen atoms in total. The summed E-state index contributed by atoms with van der Waals surface area (Å²) in [4.78, 5) is 10.4. The molecule has 0 aliphatic heterocycles. The van der Waals surface area contributed by atoms with Gasteiger partial charge in [-0.05, 0) is 23.6 Å². The predicted octanol–water partition coefficient (Wildman–Crippen LogP) is 2.77. The van der Waals surface area contributed by atoms with Crippen LogP contribution in [0.3, 0.4) is 0 Å². The number of nitro groups is 1. The Morgan fingerprint density at radius 2 is 1.84 bits per heavy atom. The molecule has 0 bridgehead atoms. The van der Waals surface area contributed by atoms with Crippen molar-refractivity contribution in [1.29, 1.82) is 0 Å². The molecule has 1 N–H and O–H groups in total. The molecular formula is C13H11NO4S. The Morgan fingerprint density at radius 1 is 1.16 bits per heavy atom. The highest BCUT2D eigenvalue weighted by molar-refractivity contribution is 7.79. The molecular weight excluding hydrogens is 266 g/mol. The highest BCUT2D eigenvalue weighted by Gasteiger charge is 2.14. The van der Waals surface area contributed by atoms with E-state index < -0.39 is 16.0 Å². The molecule has 0 aliphatic carbocycles. The van der Waals surface area contributed by atoms with Gasteiger partial charge in [-0.25, -0.2) is 4.21 Å². The third-order valence-corrected chi connectivity index (χ3v) is 3.45. The van der Waals surface area contributed by atoms with Crippen molar-refractivity contribution in [3.8, 4) is 0 Å². The molecule has 2 aromatic carbocycles. The van der Waals surface area contributed by atoms with Crippen molar-refractivity contribution in [1.82, 2.24) is 0 Å². The van der Waals surface area contributed by atoms with Crippen LogP contribution in [0.25, 0.3) is 0 Å². The van der Waals surface area contributed by atoms with Crippen LogP contribution in [-0.2, 0) is 17.5 Å². The summed E-state index contributed by atoms with van der Waals surface area (Å²) >= 11 is -2.16. The maximum atomic E-state index is 11.2. The van der Waals surface area contributed by atoms with Gasteiger partial charge < -0.3 is 4.55 Å². The summed E-state index contributed by atoms with van der Waals surface area (Å²) in [6.07, 6.45) is 0.379. The van der Waals surface area contributed by atoms with E-state index in [0.717, 1.165) is 5.56 Å². The third kappa shape index (κ3) is 3.24. The van der Waals surface area contributed by atoms with Crippen LogP contribution in [0.4, 0.5) is 5.69 Å². The van der Waals surface area contributed by atoms with Gasteiger partial charge in [-0.1, -0.05) is 30.3 Å². The molecule has 1 atom stereocenters. The van der Waals surface area contributed by atoms with Crippen LogP contribution >= 0.6 is 0 Å². The van der Waals surface area contributed by atoms with Crippen molar-refractivity contribution in [3.05, 3.63) is 69.8 Å². The van der Waals surface area contributed by atoms with Gasteiger partial charge in [0, 0.05) is 12.1 Å². The fourth-order valence-corrected chi connectivity index (χ4v) is 2.34. The van der Waals surface area contributed by atoms with E-state index in [0.29, 0.717) is 12.0 Å². The molecule has 0 heterocycles. The summed E-state index contributed by atoms with van der Waals surface area (Å²) < 4.78 is 20.4. The molecule has 19 heavy (non-hydrogen) atoms. The molecule has 0 aromatic heterocycles. The van der Waals surface area contributed by atoms with Crippen LogP contribution in [0, 0.1) is 10.1 Å². The number of hydrogen-bond acceptors (Lipinski definition) is 3. The van der Waals surface area contributed by atoms with Crippen molar-refractivity contribution in [2.24, 2.45) is 0 Å². The topological polar surface area (TPSA) is 80.4 Å². The molecule has 6 heteroatoms. The summed E-state index contributed by atoms with van der Waals surface area (Å²) in [5.41, 5.74) is 1.33. The molecule has 0 amide bonds. The van der Waals surface area contributed by atoms with Gasteiger partial charge in [-0.3, -0.25) is 10.1 Å². The predicted molar refractivity (Wildman–Crippen MR) is 71.4 cm³/mol. The first-order valence-corrected chi connectivity index (χ1v) is 6.60. The highest BCUT2D eigenvalue weighted by atomic mass is 32.2. The van der Waals surface area contributed by atoms with E-state index in [4.69, 9.17) is 0 Å². The number of benzene rings is 2. The zero-order valence-corrected chi connectivity index (χ0v) is 10.7. The maximum absolute atomic E-state index is 11.2. The van der Waals surface area contributed by atoms with E-state index in [1.807, 2.05) is 30.3 Å². The lowest BCUT2D eigenvalue weighted by atomic mass is 10.0. The number of rotatable bonds is 4. The minimum atomic E-state index is -2.16. The van der Waals surface area contributed by atoms with Gasteiger partial charge in [-0.2, -0.15) is 0 Å². The minimum absolute atomic E-state index is 0.0832. The first-order valence-electron chi connectivity index (χ1n) is 5.50. The first kappa shape index (κ1) is 13.4. The SMILES string of the molecule is O=[N+]([O-])c1ccc(S(=O)O)c(Cc2ccccc2)c1. The molecule has 0 radical (unpaired) electrons. The van der Waals surface area contributed by atoms with Crippen LogP contribution in [0.15, 0.2) is 53.4 Å². The van der Waals surface area contributed by atoms with Crippen molar-refractivity contribution in [2.45, 2.75) is 11.3 Å². The van der Waals surface area contributed by atoms with Crippen LogP contribution in [0.5, 0.6) is 0 Å². The van der Waals surface area contributed by atoms with Gasteiger partial charge in [0.25, 0.3) is 5.69 Å². The van der Waals surface area contributed by atoms with Gasteiger partial charge in [-0.15, -0.1) is 0 Å². The summed E-state index contributed by atoms with van der Waals surface area (Å²) in [6.45, 7) is 0. The van der Waals surface area contributed by atoms with E-state index in [9.17, 15) is 18.9 Å². The molecule has 0 saturated carbocycles. The monoisotopic (exact) mass is 277 g/mol. The Morgan fingerprint density at radius 3 is 2.42 bits per heavy atom. The Bertz CT molecular complexity index is 628. The highest BCUT2D eigenvalue weighted by Crippen LogP contribution is 2.22. The second kappa shape index (κ2) is 5.73. The van der Waals surface area contributed by atoms with E-state index in [2.05, 4.69) is 0 Å². The Hall–Kier alpha value is -2.05. The van der Waals surface area contributed by atoms with Crippen LogP contribution in [0.2, 0.25) is 0 Å². The second-order valence-electron chi connectivity index (χ2n) is 3.96. The zero-order valence-electron chi connectivity index (χ0n) is 9.85. The standard InChI is InChI=1S/C13H11NO4S/c15-14(16)12-6-7-13(19(17)18)11(9-12)8-10-4-2-1-3-5-10/h1-7,9H,8H2,(H,17,18). The molecule has 0 saturated heterocycles. The average molecular weight is 277 g/mol. The van der Waals surface area contributed by atoms with Crippen molar-refractivity contribution >= 4 is 16.8 Å². The summed E-state index contributed by atoms with van der Waals surface area (Å²) in [7, 11) is 0. The Kier molecular flexibility index (Phi) is 4.03. The molecule has 2 aromatic rings. The molecule has 98 valence electrons. The summed E-state index contributed by atoms with van der Waals surface area (Å²) in [5, 5.41) is 10.8. The second-order valence-corrected chi connectivity index (χ2v) is 4.90. The van der Waals surface area contributed by atoms with Crippen molar-refractivity contribution < 1.29 is 13.7 Å². The van der Waals surface area contributed by atoms with Crippen LogP contribution < -0.4 is 0 Å². The van der Waals surface area contributed by atoms with Gasteiger partial charge in [0.2, 0.25) is 0 Å². The van der Waals surface area contributed by atoms with E-state index >= 15 is 0 Å². The largest absolute Gasteiger partial charge is 0.302 e. The van der Waals surface area contributed by atoms with Crippen LogP contribution in [0.1, 0.15) is 11.1 Å². The third-order valence-electron chi connectivity index (χ3n) is 2.68. The van der Waals surface area contributed by atoms with Gasteiger partial charge in [0.15, 0.2) is 11.1 Å². The van der Waals surface area contributed by atoms with E-state index in [-0.39, 0.29) is 10.6 Å². The number of non-ortho nitro benzene ring substituents is 1. The molecule has 0 fully saturated rings. The van der Waals surface area contributed by atoms with E-state index in [1.165, 1.54) is 18.2 Å². The van der Waals surface area contributed by atoms with Gasteiger partial charge in [0.05, 0.1) is 9.82 Å². The normalized spacial score (nSPS) is 12.1. The summed E-state index contributed by atoms with van der Waals surface area (Å²) in [5.74, 6) is 0. The first-order chi connectivity index (χ1) is 9.08. The maximum Gasteiger partial charge on any atom is 0.269 e. The molecule has 2 rings (SSSR count). The number of hydrogen-bond donors (Lipinski definition) is 1. The van der Waals surface area contributed by atoms with Crippen molar-refractivity contribution in [2.75, 3.05) is 0 Å². The lowest BCUT2D eigenvalue weighted by Gasteiger charge is -2.06. The smallest absolute Gasteiger partial charge is 0.269 e. The van der Waals surface area contributed by atoms with Crippen molar-refractivity contribution in [3.63, 3.8) is 0 Å². The molecule has 0 aliphatic rings. The number of nitrogens with zero attached hydrogens (tertiary/aromatic N) is 1. The average Bonchev–Trinajstić information content (AvgIpc) is 2.39. The molecule has 0 spiro atoms. The zero-order chi connectivity index (χ0) is 13.8.